The van der Waals surface area contributed by atoms with Crippen LogP contribution in [0.5, 0.6) is 5.75 Å². The first-order valence-corrected chi connectivity index (χ1v) is 6.33. The van der Waals surface area contributed by atoms with Gasteiger partial charge in [-0.2, -0.15) is 0 Å². The van der Waals surface area contributed by atoms with Crippen molar-refractivity contribution in [2.24, 2.45) is 0 Å². The third kappa shape index (κ3) is 4.28. The van der Waals surface area contributed by atoms with Crippen LogP contribution in [0.3, 0.4) is 0 Å². The van der Waals surface area contributed by atoms with Crippen LogP contribution in [0.25, 0.3) is 6.08 Å². The first kappa shape index (κ1) is 13.9. The van der Waals surface area contributed by atoms with Gasteiger partial charge in [-0.1, -0.05) is 55.1 Å². The molecule has 0 spiro atoms. The molecule has 3 nitrogen and oxygen atoms in total. The number of rotatable bonds is 6. The number of hydrogen-bond donors (Lipinski definition) is 0. The van der Waals surface area contributed by atoms with Crippen molar-refractivity contribution in [2.45, 2.75) is 6.61 Å². The number of benzene rings is 2. The maximum Gasteiger partial charge on any atom is 0.344 e. The van der Waals surface area contributed by atoms with Gasteiger partial charge in [-0.25, -0.2) is 4.79 Å². The zero-order valence-corrected chi connectivity index (χ0v) is 11.1. The molecule has 2 aromatic carbocycles. The van der Waals surface area contributed by atoms with Crippen LogP contribution in [-0.4, -0.2) is 12.6 Å². The molecule has 0 saturated carbocycles. The molecule has 0 unspecified atom stereocenters. The molecule has 0 fully saturated rings. The van der Waals surface area contributed by atoms with Crippen LogP contribution in [0.1, 0.15) is 11.1 Å². The molecule has 0 N–H and O–H groups in total. The highest BCUT2D eigenvalue weighted by Crippen LogP contribution is 2.12. The third-order valence-electron chi connectivity index (χ3n) is 2.72. The van der Waals surface area contributed by atoms with E-state index in [0.717, 1.165) is 11.1 Å². The minimum atomic E-state index is -0.387. The molecule has 0 aliphatic carbocycles. The van der Waals surface area contributed by atoms with E-state index in [4.69, 9.17) is 9.47 Å². The highest BCUT2D eigenvalue weighted by molar-refractivity contribution is 5.71. The van der Waals surface area contributed by atoms with Crippen LogP contribution in [0.2, 0.25) is 0 Å². The lowest BCUT2D eigenvalue weighted by Gasteiger charge is -2.07. The van der Waals surface area contributed by atoms with Gasteiger partial charge in [0, 0.05) is 0 Å². The summed E-state index contributed by atoms with van der Waals surface area (Å²) in [6.07, 6.45) is 1.75. The van der Waals surface area contributed by atoms with Gasteiger partial charge in [0.05, 0.1) is 0 Å². The Morgan fingerprint density at radius 3 is 2.40 bits per heavy atom. The lowest BCUT2D eigenvalue weighted by molar-refractivity contribution is -0.147. The number of ether oxygens (including phenoxy) is 2. The summed E-state index contributed by atoms with van der Waals surface area (Å²) in [5, 5.41) is 0. The number of carbonyl (C=O) groups is 1. The Hall–Kier alpha value is -2.55. The summed E-state index contributed by atoms with van der Waals surface area (Å²) < 4.78 is 10.5. The second-order valence-corrected chi connectivity index (χ2v) is 4.21. The van der Waals surface area contributed by atoms with Gasteiger partial charge in [0.15, 0.2) is 6.61 Å². The normalized spacial score (nSPS) is 9.80. The van der Waals surface area contributed by atoms with Gasteiger partial charge < -0.3 is 9.47 Å². The summed E-state index contributed by atoms with van der Waals surface area (Å²) in [5.41, 5.74) is 1.96. The van der Waals surface area contributed by atoms with Crippen molar-refractivity contribution in [3.05, 3.63) is 72.3 Å². The molecular formula is C17H16O3. The maximum absolute atomic E-state index is 11.5. The van der Waals surface area contributed by atoms with Gasteiger partial charge in [0.2, 0.25) is 0 Å². The van der Waals surface area contributed by atoms with Crippen LogP contribution >= 0.6 is 0 Å². The molecule has 2 aromatic rings. The smallest absolute Gasteiger partial charge is 0.344 e. The largest absolute Gasteiger partial charge is 0.482 e. The van der Waals surface area contributed by atoms with E-state index < -0.39 is 0 Å². The molecule has 0 radical (unpaired) electrons. The average Bonchev–Trinajstić information content (AvgIpc) is 2.52. The molecule has 3 heteroatoms. The first-order valence-electron chi connectivity index (χ1n) is 6.33. The van der Waals surface area contributed by atoms with Crippen LogP contribution < -0.4 is 4.74 Å². The van der Waals surface area contributed by atoms with E-state index in [9.17, 15) is 4.79 Å². The third-order valence-corrected chi connectivity index (χ3v) is 2.72. The monoisotopic (exact) mass is 268 g/mol. The second-order valence-electron chi connectivity index (χ2n) is 4.21. The zero-order chi connectivity index (χ0) is 14.2. The van der Waals surface area contributed by atoms with Gasteiger partial charge in [-0.3, -0.25) is 0 Å². The summed E-state index contributed by atoms with van der Waals surface area (Å²) in [7, 11) is 0. The molecule has 0 atom stereocenters. The van der Waals surface area contributed by atoms with Gasteiger partial charge in [0.1, 0.15) is 12.4 Å². The first-order chi connectivity index (χ1) is 9.78. The number of hydrogen-bond acceptors (Lipinski definition) is 3. The zero-order valence-electron chi connectivity index (χ0n) is 11.1. The molecule has 0 aliphatic rings. The van der Waals surface area contributed by atoms with Gasteiger partial charge in [-0.05, 0) is 23.3 Å². The van der Waals surface area contributed by atoms with E-state index in [1.165, 1.54) is 0 Å². The molecular weight excluding hydrogens is 252 g/mol. The van der Waals surface area contributed by atoms with E-state index in [1.54, 1.807) is 18.2 Å². The van der Waals surface area contributed by atoms with Crippen LogP contribution in [0, 0.1) is 0 Å². The van der Waals surface area contributed by atoms with Crippen molar-refractivity contribution >= 4 is 12.0 Å². The van der Waals surface area contributed by atoms with Crippen molar-refractivity contribution in [3.8, 4) is 5.75 Å². The van der Waals surface area contributed by atoms with Gasteiger partial charge in [0.25, 0.3) is 0 Å². The van der Waals surface area contributed by atoms with E-state index in [-0.39, 0.29) is 19.2 Å². The van der Waals surface area contributed by atoms with Crippen LogP contribution in [-0.2, 0) is 16.1 Å². The van der Waals surface area contributed by atoms with Gasteiger partial charge in [-0.15, -0.1) is 0 Å². The molecule has 0 heterocycles. The van der Waals surface area contributed by atoms with E-state index in [0.29, 0.717) is 5.75 Å². The Morgan fingerprint density at radius 1 is 1.05 bits per heavy atom. The summed E-state index contributed by atoms with van der Waals surface area (Å²) in [6, 6.07) is 16.9. The topological polar surface area (TPSA) is 35.5 Å². The average molecular weight is 268 g/mol. The summed E-state index contributed by atoms with van der Waals surface area (Å²) in [5.74, 6) is 0.244. The SMILES string of the molecule is C=Cc1ccc(OCC(=O)OCc2ccccc2)cc1. The molecule has 0 saturated heterocycles. The predicted molar refractivity (Wildman–Crippen MR) is 78.3 cm³/mol. The van der Waals surface area contributed by atoms with Crippen molar-refractivity contribution in [1.29, 1.82) is 0 Å². The quantitative estimate of drug-likeness (QED) is 0.753. The van der Waals surface area contributed by atoms with Crippen LogP contribution in [0.15, 0.2) is 61.2 Å². The Labute approximate surface area is 118 Å². The molecule has 20 heavy (non-hydrogen) atoms. The minimum Gasteiger partial charge on any atom is -0.482 e. The molecule has 102 valence electrons. The van der Waals surface area contributed by atoms with Crippen molar-refractivity contribution in [2.75, 3.05) is 6.61 Å². The maximum atomic E-state index is 11.5. The van der Waals surface area contributed by atoms with Crippen LogP contribution in [0.4, 0.5) is 0 Å². The highest BCUT2D eigenvalue weighted by atomic mass is 16.6. The summed E-state index contributed by atoms with van der Waals surface area (Å²) >= 11 is 0. The van der Waals surface area contributed by atoms with E-state index in [2.05, 4.69) is 6.58 Å². The van der Waals surface area contributed by atoms with Gasteiger partial charge >= 0.3 is 5.97 Å². The number of carbonyl (C=O) groups excluding carboxylic acids is 1. The predicted octanol–water partition coefficient (Wildman–Crippen LogP) is 3.45. The molecule has 0 bridgehead atoms. The van der Waals surface area contributed by atoms with E-state index in [1.807, 2.05) is 42.5 Å². The standard InChI is InChI=1S/C17H16O3/c1-2-14-8-10-16(11-9-14)19-13-17(18)20-12-15-6-4-3-5-7-15/h2-11H,1,12-13H2. The Morgan fingerprint density at radius 2 is 1.75 bits per heavy atom. The molecule has 2 rings (SSSR count). The molecule has 0 aliphatic heterocycles. The molecule has 0 amide bonds. The fraction of sp³-hybridized carbons (Fsp3) is 0.118. The van der Waals surface area contributed by atoms with Crippen molar-refractivity contribution in [3.63, 3.8) is 0 Å². The fourth-order valence-electron chi connectivity index (χ4n) is 1.62. The lowest BCUT2D eigenvalue weighted by atomic mass is 10.2. The Balaban J connectivity index is 1.75. The summed E-state index contributed by atoms with van der Waals surface area (Å²) in [6.45, 7) is 3.84. The Kier molecular flexibility index (Phi) is 4.95. The minimum absolute atomic E-state index is 0.0970. The number of esters is 1. The van der Waals surface area contributed by atoms with Crippen molar-refractivity contribution in [1.82, 2.24) is 0 Å². The molecule has 0 aromatic heterocycles. The highest BCUT2D eigenvalue weighted by Gasteiger charge is 2.04. The second kappa shape index (κ2) is 7.14. The Bertz CT molecular complexity index is 559. The lowest BCUT2D eigenvalue weighted by Crippen LogP contribution is -2.14. The fourth-order valence-corrected chi connectivity index (χ4v) is 1.62. The van der Waals surface area contributed by atoms with Crippen molar-refractivity contribution < 1.29 is 14.3 Å². The summed E-state index contributed by atoms with van der Waals surface area (Å²) in [4.78, 5) is 11.5. The van der Waals surface area contributed by atoms with E-state index >= 15 is 0 Å².